The highest BCUT2D eigenvalue weighted by molar-refractivity contribution is 5.79. The Hall–Kier alpha value is -3.94. The van der Waals surface area contributed by atoms with Gasteiger partial charge in [-0.3, -0.25) is 9.78 Å². The normalized spacial score (nSPS) is 10.8. The third-order valence-electron chi connectivity index (χ3n) is 4.26. The molecule has 3 heterocycles. The Morgan fingerprint density at radius 2 is 1.97 bits per heavy atom. The highest BCUT2D eigenvalue weighted by Gasteiger charge is 2.14. The summed E-state index contributed by atoms with van der Waals surface area (Å²) in [7, 11) is 1.65. The molecule has 29 heavy (non-hydrogen) atoms. The van der Waals surface area contributed by atoms with E-state index in [0.717, 1.165) is 5.39 Å². The molecule has 4 rings (SSSR count). The van der Waals surface area contributed by atoms with Crippen LogP contribution in [0.3, 0.4) is 0 Å². The standard InChI is InChI=1S/C21H17N3O5/c1-24(12-16-10-18(23-29-16)17-4-2-3-9-22-17)20(25)13-27-15-7-5-14-6-8-21(26)28-19(14)11-15/h2-11H,12-13H2,1H3. The average molecular weight is 391 g/mol. The monoisotopic (exact) mass is 391 g/mol. The summed E-state index contributed by atoms with van der Waals surface area (Å²) in [6, 6.07) is 15.3. The number of carbonyl (C=O) groups excluding carboxylic acids is 1. The van der Waals surface area contributed by atoms with Crippen LogP contribution in [0.15, 0.2) is 74.5 Å². The van der Waals surface area contributed by atoms with Gasteiger partial charge in [-0.05, 0) is 30.3 Å². The Morgan fingerprint density at radius 1 is 1.10 bits per heavy atom. The number of pyridine rings is 1. The molecule has 0 saturated heterocycles. The van der Waals surface area contributed by atoms with Crippen molar-refractivity contribution in [3.63, 3.8) is 0 Å². The number of carbonyl (C=O) groups is 1. The lowest BCUT2D eigenvalue weighted by molar-refractivity contribution is -0.132. The predicted octanol–water partition coefficient (Wildman–Crippen LogP) is 2.88. The van der Waals surface area contributed by atoms with Gasteiger partial charge in [0.1, 0.15) is 17.0 Å². The Balaban J connectivity index is 1.36. The molecule has 0 aliphatic carbocycles. The maximum absolute atomic E-state index is 12.4. The van der Waals surface area contributed by atoms with Crippen LogP contribution in [-0.4, -0.2) is 34.6 Å². The molecule has 1 amide bonds. The zero-order chi connectivity index (χ0) is 20.2. The molecule has 0 saturated carbocycles. The van der Waals surface area contributed by atoms with Crippen molar-refractivity contribution in [3.05, 3.63) is 77.0 Å². The van der Waals surface area contributed by atoms with E-state index in [9.17, 15) is 9.59 Å². The predicted molar refractivity (Wildman–Crippen MR) is 104 cm³/mol. The molecule has 3 aromatic heterocycles. The molecule has 0 aliphatic heterocycles. The second-order valence-electron chi connectivity index (χ2n) is 6.39. The van der Waals surface area contributed by atoms with Crippen molar-refractivity contribution in [1.82, 2.24) is 15.0 Å². The largest absolute Gasteiger partial charge is 0.484 e. The number of hydrogen-bond acceptors (Lipinski definition) is 7. The molecule has 0 bridgehead atoms. The van der Waals surface area contributed by atoms with E-state index < -0.39 is 5.63 Å². The molecular weight excluding hydrogens is 374 g/mol. The number of nitrogens with zero attached hydrogens (tertiary/aromatic N) is 3. The number of benzene rings is 1. The summed E-state index contributed by atoms with van der Waals surface area (Å²) in [4.78, 5) is 29.4. The Kier molecular flexibility index (Phi) is 5.07. The van der Waals surface area contributed by atoms with Gasteiger partial charge in [-0.1, -0.05) is 11.2 Å². The van der Waals surface area contributed by atoms with E-state index >= 15 is 0 Å². The number of ether oxygens (including phenoxy) is 1. The first-order chi connectivity index (χ1) is 14.1. The van der Waals surface area contributed by atoms with Crippen LogP contribution in [0, 0.1) is 0 Å². The van der Waals surface area contributed by atoms with Gasteiger partial charge in [0.2, 0.25) is 0 Å². The molecular formula is C21H17N3O5. The smallest absolute Gasteiger partial charge is 0.336 e. The molecule has 0 radical (unpaired) electrons. The van der Waals surface area contributed by atoms with Crippen molar-refractivity contribution in [2.75, 3.05) is 13.7 Å². The molecule has 0 N–H and O–H groups in total. The molecule has 8 nitrogen and oxygen atoms in total. The zero-order valence-electron chi connectivity index (χ0n) is 15.6. The van der Waals surface area contributed by atoms with Gasteiger partial charge < -0.3 is 18.6 Å². The number of fused-ring (bicyclic) bond motifs is 1. The Bertz CT molecular complexity index is 1200. The van der Waals surface area contributed by atoms with E-state index in [2.05, 4.69) is 10.1 Å². The molecule has 0 atom stereocenters. The van der Waals surface area contributed by atoms with Gasteiger partial charge in [-0.15, -0.1) is 0 Å². The van der Waals surface area contributed by atoms with Gasteiger partial charge in [-0.2, -0.15) is 0 Å². The van der Waals surface area contributed by atoms with Gasteiger partial charge in [-0.25, -0.2) is 4.79 Å². The van der Waals surface area contributed by atoms with Crippen molar-refractivity contribution < 1.29 is 18.5 Å². The van der Waals surface area contributed by atoms with Crippen LogP contribution in [0.4, 0.5) is 0 Å². The highest BCUT2D eigenvalue weighted by atomic mass is 16.5. The minimum absolute atomic E-state index is 0.166. The summed E-state index contributed by atoms with van der Waals surface area (Å²) < 4.78 is 16.0. The summed E-state index contributed by atoms with van der Waals surface area (Å²) in [5.41, 5.74) is 1.26. The lowest BCUT2D eigenvalue weighted by Crippen LogP contribution is -2.30. The molecule has 0 unspecified atom stereocenters. The lowest BCUT2D eigenvalue weighted by atomic mass is 10.2. The fraction of sp³-hybridized carbons (Fsp3) is 0.143. The SMILES string of the molecule is CN(Cc1cc(-c2ccccn2)no1)C(=O)COc1ccc2ccc(=O)oc2c1. The quantitative estimate of drug-likeness (QED) is 0.466. The van der Waals surface area contributed by atoms with Crippen LogP contribution in [0.25, 0.3) is 22.4 Å². The van der Waals surface area contributed by atoms with E-state index in [0.29, 0.717) is 28.5 Å². The first-order valence-corrected chi connectivity index (χ1v) is 8.86. The number of rotatable bonds is 6. The summed E-state index contributed by atoms with van der Waals surface area (Å²) in [6.07, 6.45) is 1.68. The maximum Gasteiger partial charge on any atom is 0.336 e. The van der Waals surface area contributed by atoms with Gasteiger partial charge in [0.05, 0.1) is 12.2 Å². The average Bonchev–Trinajstić information content (AvgIpc) is 3.20. The summed E-state index contributed by atoms with van der Waals surface area (Å²) in [5.74, 6) is 0.732. The van der Waals surface area contributed by atoms with Crippen molar-refractivity contribution in [1.29, 1.82) is 0 Å². The maximum atomic E-state index is 12.4. The van der Waals surface area contributed by atoms with E-state index in [-0.39, 0.29) is 19.1 Å². The van der Waals surface area contributed by atoms with Crippen LogP contribution >= 0.6 is 0 Å². The molecule has 0 spiro atoms. The fourth-order valence-electron chi connectivity index (χ4n) is 2.73. The third-order valence-corrected chi connectivity index (χ3v) is 4.26. The van der Waals surface area contributed by atoms with Crippen molar-refractivity contribution in [2.45, 2.75) is 6.54 Å². The number of likely N-dealkylation sites (N-methyl/N-ethyl adjacent to an activating group) is 1. The van der Waals surface area contributed by atoms with Crippen LogP contribution in [0.1, 0.15) is 5.76 Å². The molecule has 4 aromatic rings. The number of hydrogen-bond donors (Lipinski definition) is 0. The van der Waals surface area contributed by atoms with E-state index in [1.165, 1.54) is 11.0 Å². The van der Waals surface area contributed by atoms with Gasteiger partial charge in [0.25, 0.3) is 5.91 Å². The van der Waals surface area contributed by atoms with Crippen LogP contribution in [0.2, 0.25) is 0 Å². The van der Waals surface area contributed by atoms with Crippen LogP contribution in [-0.2, 0) is 11.3 Å². The van der Waals surface area contributed by atoms with Crippen molar-refractivity contribution in [3.8, 4) is 17.1 Å². The van der Waals surface area contributed by atoms with Crippen LogP contribution in [0.5, 0.6) is 5.75 Å². The third kappa shape index (κ3) is 4.32. The second-order valence-corrected chi connectivity index (χ2v) is 6.39. The first kappa shape index (κ1) is 18.4. The Morgan fingerprint density at radius 3 is 2.79 bits per heavy atom. The highest BCUT2D eigenvalue weighted by Crippen LogP contribution is 2.20. The first-order valence-electron chi connectivity index (χ1n) is 8.86. The number of aromatic nitrogens is 2. The second kappa shape index (κ2) is 7.97. The zero-order valence-corrected chi connectivity index (χ0v) is 15.6. The van der Waals surface area contributed by atoms with Crippen molar-refractivity contribution >= 4 is 16.9 Å². The number of amides is 1. The molecule has 8 heteroatoms. The summed E-state index contributed by atoms with van der Waals surface area (Å²) in [5, 5.41) is 4.76. The molecule has 0 aliphatic rings. The fourth-order valence-corrected chi connectivity index (χ4v) is 2.73. The molecule has 146 valence electrons. The van der Waals surface area contributed by atoms with Crippen molar-refractivity contribution in [2.24, 2.45) is 0 Å². The molecule has 1 aromatic carbocycles. The molecule has 0 fully saturated rings. The van der Waals surface area contributed by atoms with E-state index in [1.54, 1.807) is 43.6 Å². The summed E-state index contributed by atoms with van der Waals surface area (Å²) >= 11 is 0. The van der Waals surface area contributed by atoms with Gasteiger partial charge >= 0.3 is 5.63 Å². The van der Waals surface area contributed by atoms with Gasteiger partial charge in [0.15, 0.2) is 12.4 Å². The van der Waals surface area contributed by atoms with Crippen LogP contribution < -0.4 is 10.4 Å². The lowest BCUT2D eigenvalue weighted by Gasteiger charge is -2.15. The van der Waals surface area contributed by atoms with E-state index in [4.69, 9.17) is 13.7 Å². The minimum Gasteiger partial charge on any atom is -0.484 e. The van der Waals surface area contributed by atoms with Gasteiger partial charge in [0, 0.05) is 36.8 Å². The minimum atomic E-state index is -0.442. The summed E-state index contributed by atoms with van der Waals surface area (Å²) in [6.45, 7) is 0.0783. The Labute approximate surface area is 165 Å². The van der Waals surface area contributed by atoms with E-state index in [1.807, 2.05) is 18.2 Å². The topological polar surface area (TPSA) is 98.7 Å².